The first-order chi connectivity index (χ1) is 36.7. The number of aromatic hydroxyl groups is 1. The number of likely N-dealkylation sites (tertiary alicyclic amines) is 1. The number of nitrogens with one attached hydrogen (secondary N) is 2. The third-order valence-electron chi connectivity index (χ3n) is 13.8. The summed E-state index contributed by atoms with van der Waals surface area (Å²) in [7, 11) is 0. The number of amides is 5. The number of rotatable bonds is 22. The fourth-order valence-corrected chi connectivity index (χ4v) is 10.4. The number of piperidine rings is 2. The Bertz CT molecular complexity index is 2970. The minimum Gasteiger partial charge on any atom is -0.508 e. The molecule has 4 aliphatic heterocycles. The zero-order valence-electron chi connectivity index (χ0n) is 41.9. The maximum Gasteiger partial charge on any atom is 0.319 e. The highest BCUT2D eigenvalue weighted by atomic mass is 35.5. The lowest BCUT2D eigenvalue weighted by Gasteiger charge is -2.36. The predicted octanol–water partition coefficient (Wildman–Crippen LogP) is 3.72. The first-order valence-corrected chi connectivity index (χ1v) is 25.8. The van der Waals surface area contributed by atoms with Gasteiger partial charge in [-0.3, -0.25) is 39.1 Å². The number of aliphatic hydroxyl groups excluding tert-OH is 1. The van der Waals surface area contributed by atoms with Crippen molar-refractivity contribution in [3.63, 3.8) is 0 Å². The summed E-state index contributed by atoms with van der Waals surface area (Å²) in [5, 5.41) is 36.7. The van der Waals surface area contributed by atoms with E-state index in [4.69, 9.17) is 40.3 Å². The number of aliphatic hydroxyl groups is 2. The molecule has 3 saturated heterocycles. The Hall–Kier alpha value is -6.63. The fraction of sp³-hybridized carbons (Fsp3) is 0.453. The molecule has 0 bridgehead atoms. The van der Waals surface area contributed by atoms with E-state index in [1.807, 2.05) is 36.1 Å². The largest absolute Gasteiger partial charge is 0.508 e. The number of benzene rings is 4. The van der Waals surface area contributed by atoms with Gasteiger partial charge in [0, 0.05) is 75.4 Å². The van der Waals surface area contributed by atoms with Crippen LogP contribution in [0, 0.1) is 5.82 Å². The van der Waals surface area contributed by atoms with E-state index in [0.717, 1.165) is 30.8 Å². The summed E-state index contributed by atoms with van der Waals surface area (Å²) in [6, 6.07) is 15.7. The highest BCUT2D eigenvalue weighted by Gasteiger charge is 2.45. The molecule has 0 spiro atoms. The van der Waals surface area contributed by atoms with Crippen LogP contribution in [0.4, 0.5) is 15.9 Å². The Morgan fingerprint density at radius 2 is 1.53 bits per heavy atom. The zero-order valence-corrected chi connectivity index (χ0v) is 42.6. The molecule has 5 amide bonds. The summed E-state index contributed by atoms with van der Waals surface area (Å²) in [6.07, 6.45) is -0.738. The first-order valence-electron chi connectivity index (χ1n) is 25.4. The SMILES string of the molecule is C[C@H](CN1CCC(OCCOCCOCCOCCNc2cccc3c2C(=O)N(C2CCC(=O)NC2=O)C3=O)CC1)Oc1nc(N2CCN(C(=O)C(O)O)CC2)c2cc(Cl)c(-c3cc(O)cc4ccccc34)c(F)c2n1. The second-order valence-corrected chi connectivity index (χ2v) is 19.3. The van der Waals surface area contributed by atoms with Gasteiger partial charge in [0.05, 0.1) is 68.5 Å². The van der Waals surface area contributed by atoms with Crippen LogP contribution < -0.4 is 20.3 Å². The predicted molar refractivity (Wildman–Crippen MR) is 276 cm³/mol. The van der Waals surface area contributed by atoms with Gasteiger partial charge in [-0.15, -0.1) is 0 Å². The molecule has 1 unspecified atom stereocenters. The standard InChI is InChI=1S/C53H60ClFN8O13/c1-31(76-53-58-46-38(47(59-53)61-16-18-62(19-17-61)51(69)52(70)71)29-39(54)43(45(46)55)37-28-33(64)27-32-5-2-3-6-35(32)37)30-60-14-11-34(12-15-60)75-26-25-74-24-23-73-22-21-72-20-13-56-40-8-4-7-36-44(40)50(68)63(49(36)67)41-9-10-42(65)57-48(41)66/h2-8,27-29,31,34,41,52,56,64,70-71H,9-26,30H2,1H3,(H,57,65,66)/t31-,41?/m1/s1. The van der Waals surface area contributed by atoms with Gasteiger partial charge in [-0.1, -0.05) is 41.9 Å². The number of piperazine rings is 1. The number of aromatic nitrogens is 2. The van der Waals surface area contributed by atoms with E-state index < -0.39 is 53.8 Å². The number of hydrogen-bond donors (Lipinski definition) is 5. The summed E-state index contributed by atoms with van der Waals surface area (Å²) in [6.45, 7) is 7.73. The summed E-state index contributed by atoms with van der Waals surface area (Å²) in [4.78, 5) is 78.5. The molecule has 3 fully saturated rings. The Labute approximate surface area is 441 Å². The Morgan fingerprint density at radius 1 is 0.816 bits per heavy atom. The van der Waals surface area contributed by atoms with Crippen LogP contribution in [0.15, 0.2) is 60.7 Å². The maximum absolute atomic E-state index is 17.1. The van der Waals surface area contributed by atoms with Gasteiger partial charge < -0.3 is 54.1 Å². The molecule has 404 valence electrons. The zero-order chi connectivity index (χ0) is 53.5. The molecule has 76 heavy (non-hydrogen) atoms. The summed E-state index contributed by atoms with van der Waals surface area (Å²) < 4.78 is 46.5. The Morgan fingerprint density at radius 3 is 2.25 bits per heavy atom. The van der Waals surface area contributed by atoms with Crippen LogP contribution in [-0.4, -0.2) is 193 Å². The van der Waals surface area contributed by atoms with Crippen molar-refractivity contribution < 1.29 is 67.4 Å². The number of nitrogens with zero attached hydrogens (tertiary/aromatic N) is 6. The van der Waals surface area contributed by atoms with Gasteiger partial charge in [-0.25, -0.2) is 4.39 Å². The lowest BCUT2D eigenvalue weighted by atomic mass is 9.96. The molecule has 5 N–H and O–H groups in total. The second kappa shape index (κ2) is 24.6. The number of hydrogen-bond acceptors (Lipinski definition) is 18. The number of imide groups is 2. The molecule has 21 nitrogen and oxygen atoms in total. The second-order valence-electron chi connectivity index (χ2n) is 18.9. The number of carbonyl (C=O) groups is 5. The van der Waals surface area contributed by atoms with Crippen LogP contribution in [0.5, 0.6) is 11.8 Å². The van der Waals surface area contributed by atoms with Gasteiger partial charge in [-0.2, -0.15) is 9.97 Å². The molecule has 0 aliphatic carbocycles. The van der Waals surface area contributed by atoms with Crippen molar-refractivity contribution in [1.82, 2.24) is 30.0 Å². The van der Waals surface area contributed by atoms with Crippen molar-refractivity contribution in [3.05, 3.63) is 82.6 Å². The molecule has 5 heterocycles. The lowest BCUT2D eigenvalue weighted by Crippen LogP contribution is -2.54. The normalized spacial score (nSPS) is 18.0. The molecule has 2 atom stereocenters. The van der Waals surface area contributed by atoms with Gasteiger partial charge in [-0.05, 0) is 72.9 Å². The minimum atomic E-state index is -2.13. The van der Waals surface area contributed by atoms with Gasteiger partial charge >= 0.3 is 6.01 Å². The fourth-order valence-electron chi connectivity index (χ4n) is 10.1. The molecule has 23 heteroatoms. The van der Waals surface area contributed by atoms with Crippen LogP contribution >= 0.6 is 11.6 Å². The molecular weight excluding hydrogens is 1010 g/mol. The first kappa shape index (κ1) is 54.2. The highest BCUT2D eigenvalue weighted by Crippen LogP contribution is 2.43. The number of phenols is 1. The molecule has 0 saturated carbocycles. The van der Waals surface area contributed by atoms with E-state index in [1.54, 1.807) is 30.3 Å². The van der Waals surface area contributed by atoms with Crippen molar-refractivity contribution in [2.45, 2.75) is 57.1 Å². The van der Waals surface area contributed by atoms with Crippen LogP contribution in [-0.2, 0) is 33.3 Å². The van der Waals surface area contributed by atoms with Crippen LogP contribution in [0.2, 0.25) is 5.02 Å². The Kier molecular flexibility index (Phi) is 17.5. The van der Waals surface area contributed by atoms with Crippen LogP contribution in [0.1, 0.15) is 53.3 Å². The van der Waals surface area contributed by atoms with Crippen molar-refractivity contribution >= 4 is 74.3 Å². The average Bonchev–Trinajstić information content (AvgIpc) is 3.70. The number of fused-ring (bicyclic) bond motifs is 3. The van der Waals surface area contributed by atoms with E-state index in [2.05, 4.69) is 20.5 Å². The molecule has 5 aromatic rings. The Balaban J connectivity index is 0.689. The topological polar surface area (TPSA) is 255 Å². The van der Waals surface area contributed by atoms with Gasteiger partial charge in [0.25, 0.3) is 17.7 Å². The third-order valence-corrected chi connectivity index (χ3v) is 14.1. The maximum atomic E-state index is 17.1. The smallest absolute Gasteiger partial charge is 0.319 e. The van der Waals surface area contributed by atoms with Crippen molar-refractivity contribution in [2.75, 3.05) is 109 Å². The molecule has 9 rings (SSSR count). The molecule has 4 aliphatic rings. The van der Waals surface area contributed by atoms with E-state index in [1.165, 1.54) is 11.0 Å². The van der Waals surface area contributed by atoms with E-state index in [-0.39, 0.29) is 84.1 Å². The van der Waals surface area contributed by atoms with Crippen molar-refractivity contribution in [2.24, 2.45) is 0 Å². The van der Waals surface area contributed by atoms with Crippen LogP contribution in [0.3, 0.4) is 0 Å². The number of carbonyl (C=O) groups excluding carboxylic acids is 5. The minimum absolute atomic E-state index is 0.0377. The van der Waals surface area contributed by atoms with E-state index >= 15 is 4.39 Å². The van der Waals surface area contributed by atoms with Crippen molar-refractivity contribution in [3.8, 4) is 22.9 Å². The molecule has 0 radical (unpaired) electrons. The van der Waals surface area contributed by atoms with E-state index in [9.17, 15) is 39.3 Å². The third kappa shape index (κ3) is 12.3. The average molecular weight is 1070 g/mol. The molecule has 1 aromatic heterocycles. The van der Waals surface area contributed by atoms with E-state index in [0.29, 0.717) is 92.6 Å². The summed E-state index contributed by atoms with van der Waals surface area (Å²) in [5.74, 6) is -3.48. The van der Waals surface area contributed by atoms with Gasteiger partial charge in [0.2, 0.25) is 18.1 Å². The van der Waals surface area contributed by atoms with Gasteiger partial charge in [0.15, 0.2) is 5.82 Å². The molecule has 4 aromatic carbocycles. The highest BCUT2D eigenvalue weighted by molar-refractivity contribution is 6.35. The molecular formula is C53H60ClFN8O13. The van der Waals surface area contributed by atoms with Crippen LogP contribution in [0.25, 0.3) is 32.8 Å². The quantitative estimate of drug-likeness (QED) is 0.0376. The van der Waals surface area contributed by atoms with Gasteiger partial charge in [0.1, 0.15) is 29.2 Å². The summed E-state index contributed by atoms with van der Waals surface area (Å²) >= 11 is 6.89. The monoisotopic (exact) mass is 1070 g/mol. The number of anilines is 2. The lowest BCUT2D eigenvalue weighted by molar-refractivity contribution is -0.159. The summed E-state index contributed by atoms with van der Waals surface area (Å²) in [5.41, 5.74) is 1.25. The number of ether oxygens (including phenoxy) is 5. The number of halogens is 2. The number of phenolic OH excluding ortho intramolecular Hbond substituents is 1. The van der Waals surface area contributed by atoms with Crippen molar-refractivity contribution in [1.29, 1.82) is 0 Å².